The van der Waals surface area contributed by atoms with E-state index in [0.717, 1.165) is 5.56 Å². The van der Waals surface area contributed by atoms with Crippen LogP contribution >= 0.6 is 0 Å². The Kier molecular flexibility index (Phi) is 5.27. The van der Waals surface area contributed by atoms with E-state index in [1.54, 1.807) is 6.07 Å². The molecule has 0 aliphatic carbocycles. The zero-order valence-corrected chi connectivity index (χ0v) is 16.3. The van der Waals surface area contributed by atoms with E-state index >= 15 is 0 Å². The summed E-state index contributed by atoms with van der Waals surface area (Å²) in [4.78, 5) is 33.3. The van der Waals surface area contributed by atoms with Crippen LogP contribution in [0.4, 0.5) is 0 Å². The highest BCUT2D eigenvalue weighted by molar-refractivity contribution is 6.05. The maximum absolute atomic E-state index is 12.4. The molecule has 0 atom stereocenters. The summed E-state index contributed by atoms with van der Waals surface area (Å²) in [5.74, 6) is -0.903. The van der Waals surface area contributed by atoms with Crippen molar-refractivity contribution in [2.45, 2.75) is 13.5 Å². The number of carbonyl (C=O) groups excluding carboxylic acids is 1. The fraction of sp³-hybridized carbons (Fsp3) is 0.261. The monoisotopic (exact) mass is 389 g/mol. The number of nitrogens with zero attached hydrogens (tertiary/aromatic N) is 3. The van der Waals surface area contributed by atoms with Crippen molar-refractivity contribution >= 4 is 22.8 Å². The van der Waals surface area contributed by atoms with E-state index in [1.807, 2.05) is 65.3 Å². The fourth-order valence-electron chi connectivity index (χ4n) is 3.93. The van der Waals surface area contributed by atoms with Crippen LogP contribution in [-0.4, -0.2) is 57.9 Å². The molecule has 6 heteroatoms. The molecule has 29 heavy (non-hydrogen) atoms. The van der Waals surface area contributed by atoms with Crippen molar-refractivity contribution in [2.24, 2.45) is 0 Å². The molecule has 6 nitrogen and oxygen atoms in total. The molecule has 2 heterocycles. The Labute approximate surface area is 169 Å². The second-order valence-electron chi connectivity index (χ2n) is 7.19. The lowest BCUT2D eigenvalue weighted by Crippen LogP contribution is -2.49. The number of amides is 1. The van der Waals surface area contributed by atoms with Crippen LogP contribution in [0.15, 0.2) is 54.6 Å². The number of rotatable bonds is 5. The van der Waals surface area contributed by atoms with Crippen LogP contribution in [0.5, 0.6) is 0 Å². The van der Waals surface area contributed by atoms with Gasteiger partial charge >= 0.3 is 5.97 Å². The molecule has 1 amide bonds. The molecular formula is C23H23N3O3. The zero-order valence-electron chi connectivity index (χ0n) is 16.3. The van der Waals surface area contributed by atoms with Crippen molar-refractivity contribution in [3.8, 4) is 11.3 Å². The van der Waals surface area contributed by atoms with Crippen LogP contribution in [0.2, 0.25) is 0 Å². The number of carbonyl (C=O) groups is 2. The van der Waals surface area contributed by atoms with E-state index in [-0.39, 0.29) is 18.0 Å². The molecule has 3 aromatic rings. The lowest BCUT2D eigenvalue weighted by molar-refractivity contribution is -0.135. The van der Waals surface area contributed by atoms with Gasteiger partial charge in [-0.2, -0.15) is 0 Å². The predicted octanol–water partition coefficient (Wildman–Crippen LogP) is 3.26. The van der Waals surface area contributed by atoms with E-state index < -0.39 is 5.97 Å². The average Bonchev–Trinajstić information content (AvgIpc) is 2.73. The van der Waals surface area contributed by atoms with Gasteiger partial charge in [-0.1, -0.05) is 48.5 Å². The number of piperazine rings is 1. The van der Waals surface area contributed by atoms with Gasteiger partial charge in [-0.3, -0.25) is 9.69 Å². The van der Waals surface area contributed by atoms with E-state index in [2.05, 4.69) is 0 Å². The number of carboxylic acids is 1. The van der Waals surface area contributed by atoms with Crippen LogP contribution in [0, 0.1) is 0 Å². The molecule has 0 saturated carbocycles. The number of aromatic carboxylic acids is 1. The van der Waals surface area contributed by atoms with Crippen LogP contribution in [0.3, 0.4) is 0 Å². The summed E-state index contributed by atoms with van der Waals surface area (Å²) in [5.41, 5.74) is 3.10. The third kappa shape index (κ3) is 3.71. The Balaban J connectivity index is 1.85. The van der Waals surface area contributed by atoms with Gasteiger partial charge < -0.3 is 10.0 Å². The first-order valence-corrected chi connectivity index (χ1v) is 9.79. The highest BCUT2D eigenvalue weighted by Crippen LogP contribution is 2.31. The minimum absolute atomic E-state index is 0.0747. The van der Waals surface area contributed by atoms with Gasteiger partial charge in [0.15, 0.2) is 0 Å². The first-order valence-electron chi connectivity index (χ1n) is 9.79. The number of hydrogen-bond donors (Lipinski definition) is 1. The zero-order chi connectivity index (χ0) is 20.4. The summed E-state index contributed by atoms with van der Waals surface area (Å²) >= 11 is 0. The third-order valence-electron chi connectivity index (χ3n) is 5.42. The molecule has 0 radical (unpaired) electrons. The molecule has 1 N–H and O–H groups in total. The van der Waals surface area contributed by atoms with Gasteiger partial charge in [-0.25, -0.2) is 9.78 Å². The molecular weight excluding hydrogens is 366 g/mol. The number of carboxylic acid groups (broad SMARTS) is 1. The maximum atomic E-state index is 12.4. The Morgan fingerprint density at radius 2 is 1.79 bits per heavy atom. The van der Waals surface area contributed by atoms with Crippen LogP contribution < -0.4 is 0 Å². The molecule has 0 spiro atoms. The normalized spacial score (nSPS) is 15.1. The van der Waals surface area contributed by atoms with Crippen molar-refractivity contribution in [3.63, 3.8) is 0 Å². The van der Waals surface area contributed by atoms with Crippen molar-refractivity contribution in [2.75, 3.05) is 26.2 Å². The van der Waals surface area contributed by atoms with Gasteiger partial charge in [-0.15, -0.1) is 0 Å². The quantitative estimate of drug-likeness (QED) is 0.725. The van der Waals surface area contributed by atoms with Gasteiger partial charge in [0.1, 0.15) is 0 Å². The predicted molar refractivity (Wildman–Crippen MR) is 112 cm³/mol. The Morgan fingerprint density at radius 3 is 2.48 bits per heavy atom. The van der Waals surface area contributed by atoms with E-state index in [1.165, 1.54) is 0 Å². The van der Waals surface area contributed by atoms with Gasteiger partial charge in [0.05, 0.1) is 23.3 Å². The van der Waals surface area contributed by atoms with E-state index in [0.29, 0.717) is 48.3 Å². The molecule has 2 aromatic carbocycles. The maximum Gasteiger partial charge on any atom is 0.336 e. The first-order chi connectivity index (χ1) is 14.1. The van der Waals surface area contributed by atoms with E-state index in [4.69, 9.17) is 4.98 Å². The van der Waals surface area contributed by atoms with E-state index in [9.17, 15) is 14.7 Å². The summed E-state index contributed by atoms with van der Waals surface area (Å²) in [6, 6.07) is 16.9. The van der Waals surface area contributed by atoms with Gasteiger partial charge in [-0.05, 0) is 13.0 Å². The van der Waals surface area contributed by atoms with Crippen molar-refractivity contribution in [3.05, 3.63) is 65.7 Å². The van der Waals surface area contributed by atoms with Crippen LogP contribution in [-0.2, 0) is 11.3 Å². The Morgan fingerprint density at radius 1 is 1.07 bits per heavy atom. The molecule has 148 valence electrons. The number of likely N-dealkylation sites (N-methyl/N-ethyl adjacent to an activating group) is 1. The number of hydrogen-bond acceptors (Lipinski definition) is 4. The lowest BCUT2D eigenvalue weighted by Gasteiger charge is -2.34. The second-order valence-corrected chi connectivity index (χ2v) is 7.19. The van der Waals surface area contributed by atoms with Crippen molar-refractivity contribution < 1.29 is 14.7 Å². The minimum atomic E-state index is -0.977. The number of benzene rings is 2. The van der Waals surface area contributed by atoms with Crippen LogP contribution in [0.25, 0.3) is 22.2 Å². The topological polar surface area (TPSA) is 73.7 Å². The highest BCUT2D eigenvalue weighted by Gasteiger charge is 2.27. The summed E-state index contributed by atoms with van der Waals surface area (Å²) in [7, 11) is 0. The third-order valence-corrected chi connectivity index (χ3v) is 5.42. The van der Waals surface area contributed by atoms with Gasteiger partial charge in [0, 0.05) is 42.7 Å². The smallest absolute Gasteiger partial charge is 0.336 e. The summed E-state index contributed by atoms with van der Waals surface area (Å²) < 4.78 is 0. The molecule has 1 aliphatic heterocycles. The highest BCUT2D eigenvalue weighted by atomic mass is 16.4. The fourth-order valence-corrected chi connectivity index (χ4v) is 3.93. The summed E-state index contributed by atoms with van der Waals surface area (Å²) in [6.45, 7) is 4.68. The van der Waals surface area contributed by atoms with Gasteiger partial charge in [0.2, 0.25) is 5.91 Å². The first kappa shape index (κ1) is 19.1. The Bertz CT molecular complexity index is 1070. The van der Waals surface area contributed by atoms with Crippen molar-refractivity contribution in [1.29, 1.82) is 0 Å². The average molecular weight is 389 g/mol. The lowest BCUT2D eigenvalue weighted by atomic mass is 9.96. The molecule has 1 fully saturated rings. The molecule has 0 bridgehead atoms. The second kappa shape index (κ2) is 8.01. The van der Waals surface area contributed by atoms with Crippen molar-refractivity contribution in [1.82, 2.24) is 14.8 Å². The van der Waals surface area contributed by atoms with Gasteiger partial charge in [0.25, 0.3) is 0 Å². The number of pyridine rings is 1. The molecule has 1 aliphatic rings. The molecule has 1 saturated heterocycles. The molecule has 4 rings (SSSR count). The molecule has 0 unspecified atom stereocenters. The summed E-state index contributed by atoms with van der Waals surface area (Å²) in [5, 5.41) is 10.7. The standard InChI is InChI=1S/C23H23N3O3/c1-2-26-13-12-25(15-20(26)27)14-18-21(23(28)29)17-10-6-7-11-19(17)24-22(18)16-8-4-3-5-9-16/h3-11H,2,12-15H2,1H3,(H,28,29). The molecule has 1 aromatic heterocycles. The number of para-hydroxylation sites is 1. The summed E-state index contributed by atoms with van der Waals surface area (Å²) in [6.07, 6.45) is 0. The number of aromatic nitrogens is 1. The van der Waals surface area contributed by atoms with Crippen LogP contribution in [0.1, 0.15) is 22.8 Å². The number of fused-ring (bicyclic) bond motifs is 1. The largest absolute Gasteiger partial charge is 0.478 e. The SMILES string of the molecule is CCN1CCN(Cc2c(-c3ccccc3)nc3ccccc3c2C(=O)O)CC1=O. The minimum Gasteiger partial charge on any atom is -0.478 e. The Hall–Kier alpha value is -3.25.